The van der Waals surface area contributed by atoms with E-state index in [2.05, 4.69) is 53.1 Å². The van der Waals surface area contributed by atoms with Crippen molar-refractivity contribution in [2.24, 2.45) is 4.99 Å². The number of nitrogens with zero attached hydrogens (tertiary/aromatic N) is 3. The second kappa shape index (κ2) is 12.1. The molecule has 1 heterocycles. The smallest absolute Gasteiger partial charge is 0.191 e. The molecule has 6 nitrogen and oxygen atoms in total. The molecule has 1 aliphatic rings. The average Bonchev–Trinajstić information content (AvgIpc) is 2.70. The first-order chi connectivity index (χ1) is 13.9. The molecule has 1 atom stereocenters. The molecule has 1 aromatic rings. The number of rotatable bonds is 9. The molecule has 1 aromatic carbocycles. The number of morpholine rings is 1. The monoisotopic (exact) mass is 407 g/mol. The quantitative estimate of drug-likeness (QED) is 0.487. The van der Waals surface area contributed by atoms with E-state index in [9.17, 15) is 4.39 Å². The number of ether oxygens (including phenoxy) is 1. The summed E-state index contributed by atoms with van der Waals surface area (Å²) in [5, 5.41) is 6.84. The van der Waals surface area contributed by atoms with E-state index in [-0.39, 0.29) is 11.9 Å². The molecule has 0 radical (unpaired) electrons. The molecule has 0 spiro atoms. The summed E-state index contributed by atoms with van der Waals surface area (Å²) in [7, 11) is 1.78. The van der Waals surface area contributed by atoms with Gasteiger partial charge >= 0.3 is 0 Å². The minimum absolute atomic E-state index is 0.0657. The van der Waals surface area contributed by atoms with Gasteiger partial charge in [-0.25, -0.2) is 4.39 Å². The van der Waals surface area contributed by atoms with E-state index in [1.165, 1.54) is 6.07 Å². The van der Waals surface area contributed by atoms with Gasteiger partial charge in [0.15, 0.2) is 5.96 Å². The van der Waals surface area contributed by atoms with Crippen LogP contribution >= 0.6 is 0 Å². The molecule has 2 rings (SSSR count). The lowest BCUT2D eigenvalue weighted by molar-refractivity contribution is 0.0169. The van der Waals surface area contributed by atoms with Crippen molar-refractivity contribution in [3.63, 3.8) is 0 Å². The lowest BCUT2D eigenvalue weighted by atomic mass is 10.0. The second-order valence-electron chi connectivity index (χ2n) is 8.02. The fourth-order valence-corrected chi connectivity index (χ4v) is 3.89. The van der Waals surface area contributed by atoms with E-state index in [1.807, 2.05) is 6.07 Å². The van der Waals surface area contributed by atoms with Crippen LogP contribution in [-0.2, 0) is 4.74 Å². The van der Waals surface area contributed by atoms with Crippen LogP contribution in [0.4, 0.5) is 4.39 Å². The van der Waals surface area contributed by atoms with Crippen molar-refractivity contribution >= 4 is 5.96 Å². The number of aliphatic imine (C=N–C) groups is 1. The highest BCUT2D eigenvalue weighted by atomic mass is 19.1. The van der Waals surface area contributed by atoms with Crippen LogP contribution in [0, 0.1) is 5.82 Å². The van der Waals surface area contributed by atoms with Crippen molar-refractivity contribution < 1.29 is 9.13 Å². The Morgan fingerprint density at radius 3 is 2.45 bits per heavy atom. The lowest BCUT2D eigenvalue weighted by Gasteiger charge is -2.35. The number of benzene rings is 1. The third kappa shape index (κ3) is 7.57. The van der Waals surface area contributed by atoms with Gasteiger partial charge in [-0.3, -0.25) is 14.8 Å². The summed E-state index contributed by atoms with van der Waals surface area (Å²) in [6, 6.07) is 7.96. The summed E-state index contributed by atoms with van der Waals surface area (Å²) < 4.78 is 19.3. The van der Waals surface area contributed by atoms with Crippen LogP contribution < -0.4 is 10.6 Å². The minimum atomic E-state index is -0.203. The normalized spacial score (nSPS) is 17.2. The van der Waals surface area contributed by atoms with Gasteiger partial charge < -0.3 is 15.4 Å². The molecule has 1 unspecified atom stereocenters. The molecule has 164 valence electrons. The summed E-state index contributed by atoms with van der Waals surface area (Å²) in [5.41, 5.74) is 0.973. The molecule has 0 bridgehead atoms. The van der Waals surface area contributed by atoms with E-state index in [1.54, 1.807) is 19.2 Å². The Balaban J connectivity index is 1.95. The highest BCUT2D eigenvalue weighted by Crippen LogP contribution is 2.22. The van der Waals surface area contributed by atoms with Gasteiger partial charge in [0.1, 0.15) is 5.82 Å². The van der Waals surface area contributed by atoms with Crippen LogP contribution in [0.25, 0.3) is 0 Å². The Hall–Kier alpha value is -1.70. The van der Waals surface area contributed by atoms with Crippen LogP contribution in [-0.4, -0.2) is 80.8 Å². The fraction of sp³-hybridized carbons (Fsp3) is 0.682. The van der Waals surface area contributed by atoms with Crippen LogP contribution in [0.2, 0.25) is 0 Å². The number of hydrogen-bond donors (Lipinski definition) is 2. The first-order valence-electron chi connectivity index (χ1n) is 10.7. The average molecular weight is 408 g/mol. The molecule has 0 aliphatic carbocycles. The number of guanidine groups is 1. The van der Waals surface area contributed by atoms with E-state index in [0.29, 0.717) is 31.8 Å². The summed E-state index contributed by atoms with van der Waals surface area (Å²) in [5.74, 6) is 0.567. The van der Waals surface area contributed by atoms with Crippen LogP contribution in [0.1, 0.15) is 39.3 Å². The first kappa shape index (κ1) is 23.6. The summed E-state index contributed by atoms with van der Waals surface area (Å²) >= 11 is 0. The van der Waals surface area contributed by atoms with Crippen molar-refractivity contribution in [2.75, 3.05) is 53.0 Å². The molecular formula is C22H38FN5O. The highest BCUT2D eigenvalue weighted by Gasteiger charge is 2.23. The third-order valence-corrected chi connectivity index (χ3v) is 5.40. The Morgan fingerprint density at radius 2 is 1.86 bits per heavy atom. The number of hydrogen-bond acceptors (Lipinski definition) is 4. The third-order valence-electron chi connectivity index (χ3n) is 5.40. The maximum atomic E-state index is 13.8. The molecule has 1 aliphatic heterocycles. The van der Waals surface area contributed by atoms with Crippen molar-refractivity contribution in [3.8, 4) is 0 Å². The molecule has 1 fully saturated rings. The van der Waals surface area contributed by atoms with Crippen molar-refractivity contribution in [2.45, 2.75) is 45.8 Å². The lowest BCUT2D eigenvalue weighted by Crippen LogP contribution is -2.48. The van der Waals surface area contributed by atoms with Gasteiger partial charge in [0.2, 0.25) is 0 Å². The maximum Gasteiger partial charge on any atom is 0.191 e. The zero-order valence-electron chi connectivity index (χ0n) is 18.6. The van der Waals surface area contributed by atoms with Gasteiger partial charge in [0.05, 0.1) is 19.3 Å². The topological polar surface area (TPSA) is 52.1 Å². The van der Waals surface area contributed by atoms with E-state index in [4.69, 9.17) is 4.74 Å². The Morgan fingerprint density at radius 1 is 1.17 bits per heavy atom. The molecule has 29 heavy (non-hydrogen) atoms. The molecule has 2 N–H and O–H groups in total. The van der Waals surface area contributed by atoms with Crippen molar-refractivity contribution in [1.82, 2.24) is 20.4 Å². The predicted octanol–water partition coefficient (Wildman–Crippen LogP) is 2.48. The number of nitrogens with one attached hydrogen (secondary N) is 2. The Kier molecular flexibility index (Phi) is 9.84. The standard InChI is InChI=1S/C22H38FN5O/c1-17(2)28(18(3)4)10-9-25-22(24-5)26-16-21(27-11-13-29-14-12-27)19-7-6-8-20(23)15-19/h6-8,15,17-18,21H,9-14,16H2,1-5H3,(H2,24,25,26). The van der Waals surface area contributed by atoms with Gasteiger partial charge in [-0.05, 0) is 45.4 Å². The predicted molar refractivity (Wildman–Crippen MR) is 118 cm³/mol. The minimum Gasteiger partial charge on any atom is -0.379 e. The maximum absolute atomic E-state index is 13.8. The van der Waals surface area contributed by atoms with E-state index < -0.39 is 0 Å². The zero-order valence-corrected chi connectivity index (χ0v) is 18.6. The largest absolute Gasteiger partial charge is 0.379 e. The van der Waals surface area contributed by atoms with Gasteiger partial charge in [0.25, 0.3) is 0 Å². The van der Waals surface area contributed by atoms with Crippen LogP contribution in [0.5, 0.6) is 0 Å². The zero-order chi connectivity index (χ0) is 21.2. The van der Waals surface area contributed by atoms with Gasteiger partial charge in [-0.15, -0.1) is 0 Å². The highest BCUT2D eigenvalue weighted by molar-refractivity contribution is 5.79. The van der Waals surface area contributed by atoms with Crippen LogP contribution in [0.15, 0.2) is 29.3 Å². The van der Waals surface area contributed by atoms with Gasteiger partial charge in [-0.1, -0.05) is 12.1 Å². The second-order valence-corrected chi connectivity index (χ2v) is 8.02. The Bertz CT molecular complexity index is 623. The van der Waals surface area contributed by atoms with Crippen molar-refractivity contribution in [3.05, 3.63) is 35.6 Å². The molecule has 1 saturated heterocycles. The van der Waals surface area contributed by atoms with Gasteiger partial charge in [-0.2, -0.15) is 0 Å². The van der Waals surface area contributed by atoms with E-state index >= 15 is 0 Å². The summed E-state index contributed by atoms with van der Waals surface area (Å²) in [6.45, 7) is 14.4. The van der Waals surface area contributed by atoms with E-state index in [0.717, 1.165) is 37.7 Å². The van der Waals surface area contributed by atoms with Crippen LogP contribution in [0.3, 0.4) is 0 Å². The Labute approximate surface area is 175 Å². The molecule has 0 amide bonds. The molecule has 7 heteroatoms. The van der Waals surface area contributed by atoms with Crippen molar-refractivity contribution in [1.29, 1.82) is 0 Å². The fourth-order valence-electron chi connectivity index (χ4n) is 3.89. The summed E-state index contributed by atoms with van der Waals surface area (Å²) in [6.07, 6.45) is 0. The molecule has 0 aromatic heterocycles. The first-order valence-corrected chi connectivity index (χ1v) is 10.7. The number of halogens is 1. The SMILES string of the molecule is CN=C(NCCN(C(C)C)C(C)C)NCC(c1cccc(F)c1)N1CCOCC1. The molecule has 0 saturated carbocycles. The summed E-state index contributed by atoms with van der Waals surface area (Å²) in [4.78, 5) is 9.15. The van der Waals surface area contributed by atoms with Gasteiger partial charge in [0, 0.05) is 51.9 Å². The molecular weight excluding hydrogens is 369 g/mol.